The molecule has 1 aromatic heterocycles. The molecule has 2 aromatic carbocycles. The van der Waals surface area contributed by atoms with E-state index in [4.69, 9.17) is 5.73 Å². The smallest absolute Gasteiger partial charge is 0.383 e. The van der Waals surface area contributed by atoms with Crippen LogP contribution in [-0.4, -0.2) is 51.9 Å². The lowest BCUT2D eigenvalue weighted by molar-refractivity contribution is -0.143. The van der Waals surface area contributed by atoms with Crippen LogP contribution in [0.15, 0.2) is 42.5 Å². The zero-order valence-electron chi connectivity index (χ0n) is 17.6. The van der Waals surface area contributed by atoms with Gasteiger partial charge >= 0.3 is 12.4 Å². The molecule has 0 atom stereocenters. The molecule has 180 valence electrons. The van der Waals surface area contributed by atoms with Gasteiger partial charge in [0.2, 0.25) is 0 Å². The number of rotatable bonds is 3. The number of benzene rings is 2. The number of hydrogen-bond donors (Lipinski definition) is 1. The number of alkyl halides is 6. The van der Waals surface area contributed by atoms with Crippen molar-refractivity contribution in [2.75, 3.05) is 31.9 Å². The highest BCUT2D eigenvalue weighted by atomic mass is 19.4. The Morgan fingerprint density at radius 3 is 2.06 bits per heavy atom. The van der Waals surface area contributed by atoms with E-state index in [1.54, 1.807) is 12.1 Å². The van der Waals surface area contributed by atoms with Crippen LogP contribution in [0.25, 0.3) is 10.9 Å². The second kappa shape index (κ2) is 8.75. The first-order valence-corrected chi connectivity index (χ1v) is 10.2. The lowest BCUT2D eigenvalue weighted by Crippen LogP contribution is -2.48. The van der Waals surface area contributed by atoms with Crippen LogP contribution in [0, 0.1) is 0 Å². The number of carbonyl (C=O) groups excluding carboxylic acids is 1. The van der Waals surface area contributed by atoms with E-state index in [9.17, 15) is 31.1 Å². The van der Waals surface area contributed by atoms with Gasteiger partial charge in [0.05, 0.1) is 23.2 Å². The number of hydrogen-bond acceptors (Lipinski definition) is 5. The summed E-state index contributed by atoms with van der Waals surface area (Å²) in [6.45, 7) is 1.26. The highest BCUT2D eigenvalue weighted by Gasteiger charge is 2.38. The third-order valence-electron chi connectivity index (χ3n) is 5.54. The number of piperazine rings is 1. The van der Waals surface area contributed by atoms with Gasteiger partial charge in [0.15, 0.2) is 0 Å². The van der Waals surface area contributed by atoms with Crippen LogP contribution in [-0.2, 0) is 18.9 Å². The molecule has 12 heteroatoms. The Balaban J connectivity index is 1.47. The Hall–Kier alpha value is -3.41. The Labute approximate surface area is 190 Å². The Morgan fingerprint density at radius 1 is 0.882 bits per heavy atom. The second-order valence-corrected chi connectivity index (χ2v) is 7.91. The molecule has 0 bridgehead atoms. The van der Waals surface area contributed by atoms with Crippen molar-refractivity contribution in [1.29, 1.82) is 0 Å². The quantitative estimate of drug-likeness (QED) is 0.565. The first kappa shape index (κ1) is 23.7. The van der Waals surface area contributed by atoms with Gasteiger partial charge in [0.1, 0.15) is 11.6 Å². The summed E-state index contributed by atoms with van der Waals surface area (Å²) in [4.78, 5) is 24.7. The molecule has 6 nitrogen and oxygen atoms in total. The van der Waals surface area contributed by atoms with Crippen molar-refractivity contribution in [3.8, 4) is 0 Å². The number of nitrogens with zero attached hydrogens (tertiary/aromatic N) is 4. The molecule has 4 rings (SSSR count). The SMILES string of the molecule is Nc1nc(CN2CCN(C(=O)c3cc(C(F)(F)F)cc(C(F)(F)F)c3)CC2)nc2ccccc12. The van der Waals surface area contributed by atoms with Gasteiger partial charge in [0.25, 0.3) is 5.91 Å². The van der Waals surface area contributed by atoms with Gasteiger partial charge in [-0.1, -0.05) is 12.1 Å². The lowest BCUT2D eigenvalue weighted by atomic mass is 10.0. The van der Waals surface area contributed by atoms with Crippen molar-refractivity contribution in [2.45, 2.75) is 18.9 Å². The van der Waals surface area contributed by atoms with Crippen molar-refractivity contribution in [1.82, 2.24) is 19.8 Å². The van der Waals surface area contributed by atoms with Gasteiger partial charge in [-0.25, -0.2) is 9.97 Å². The normalized spacial score (nSPS) is 15.6. The average Bonchev–Trinajstić information content (AvgIpc) is 2.78. The van der Waals surface area contributed by atoms with Crippen LogP contribution in [0.1, 0.15) is 27.3 Å². The molecule has 0 aliphatic carbocycles. The molecular weight excluding hydrogens is 464 g/mol. The maximum absolute atomic E-state index is 13.1. The Bertz CT molecular complexity index is 1190. The third kappa shape index (κ3) is 5.06. The fourth-order valence-electron chi connectivity index (χ4n) is 3.79. The Kier molecular flexibility index (Phi) is 6.11. The van der Waals surface area contributed by atoms with Crippen LogP contribution >= 0.6 is 0 Å². The monoisotopic (exact) mass is 483 g/mol. The first-order chi connectivity index (χ1) is 15.9. The van der Waals surface area contributed by atoms with Crippen LogP contribution < -0.4 is 5.73 Å². The number of aromatic nitrogens is 2. The molecule has 1 aliphatic heterocycles. The van der Waals surface area contributed by atoms with Crippen LogP contribution in [0.2, 0.25) is 0 Å². The molecule has 2 heterocycles. The molecule has 0 spiro atoms. The zero-order chi connectivity index (χ0) is 24.7. The number of nitrogen functional groups attached to an aromatic ring is 1. The summed E-state index contributed by atoms with van der Waals surface area (Å²) in [6, 6.07) is 8.16. The first-order valence-electron chi connectivity index (χ1n) is 10.2. The molecule has 1 amide bonds. The molecule has 1 fully saturated rings. The van der Waals surface area contributed by atoms with Gasteiger partial charge in [0, 0.05) is 37.1 Å². The van der Waals surface area contributed by atoms with Gasteiger partial charge < -0.3 is 10.6 Å². The van der Waals surface area contributed by atoms with Gasteiger partial charge in [-0.15, -0.1) is 0 Å². The molecule has 1 saturated heterocycles. The van der Waals surface area contributed by atoms with Crippen molar-refractivity contribution in [2.24, 2.45) is 0 Å². The molecule has 0 saturated carbocycles. The van der Waals surface area contributed by atoms with Crippen molar-refractivity contribution in [3.63, 3.8) is 0 Å². The number of para-hydroxylation sites is 1. The molecule has 3 aromatic rings. The average molecular weight is 483 g/mol. The minimum absolute atomic E-state index is 0.00395. The van der Waals surface area contributed by atoms with Crippen LogP contribution in [0.5, 0.6) is 0 Å². The van der Waals surface area contributed by atoms with Crippen molar-refractivity contribution < 1.29 is 31.1 Å². The molecule has 1 aliphatic rings. The second-order valence-electron chi connectivity index (χ2n) is 7.91. The maximum atomic E-state index is 13.1. The number of fused-ring (bicyclic) bond motifs is 1. The highest BCUT2D eigenvalue weighted by Crippen LogP contribution is 2.36. The summed E-state index contributed by atoms with van der Waals surface area (Å²) in [7, 11) is 0. The highest BCUT2D eigenvalue weighted by molar-refractivity contribution is 5.94. The van der Waals surface area contributed by atoms with Gasteiger partial charge in [-0.2, -0.15) is 26.3 Å². The van der Waals surface area contributed by atoms with E-state index >= 15 is 0 Å². The molecule has 34 heavy (non-hydrogen) atoms. The van der Waals surface area contributed by atoms with E-state index in [2.05, 4.69) is 9.97 Å². The zero-order valence-corrected chi connectivity index (χ0v) is 17.6. The van der Waals surface area contributed by atoms with Crippen LogP contribution in [0.4, 0.5) is 32.2 Å². The van der Waals surface area contributed by atoms with E-state index in [0.717, 1.165) is 5.39 Å². The van der Waals surface area contributed by atoms with Crippen LogP contribution in [0.3, 0.4) is 0 Å². The predicted molar refractivity (Wildman–Crippen MR) is 112 cm³/mol. The van der Waals surface area contributed by atoms with E-state index in [1.165, 1.54) is 4.90 Å². The maximum Gasteiger partial charge on any atom is 0.416 e. The van der Waals surface area contributed by atoms with E-state index < -0.39 is 35.0 Å². The summed E-state index contributed by atoms with van der Waals surface area (Å²) < 4.78 is 78.6. The van der Waals surface area contributed by atoms with E-state index in [1.807, 2.05) is 17.0 Å². The lowest BCUT2D eigenvalue weighted by Gasteiger charge is -2.34. The fraction of sp³-hybridized carbons (Fsp3) is 0.318. The van der Waals surface area contributed by atoms with Crippen molar-refractivity contribution in [3.05, 3.63) is 65.0 Å². The molecule has 0 radical (unpaired) electrons. The summed E-state index contributed by atoms with van der Waals surface area (Å²) in [5.41, 5.74) is 2.99. The van der Waals surface area contributed by atoms with Gasteiger partial charge in [-0.05, 0) is 30.3 Å². The fourth-order valence-corrected chi connectivity index (χ4v) is 3.79. The predicted octanol–water partition coefficient (Wildman–Crippen LogP) is 4.21. The molecular formula is C22H19F6N5O. The number of nitrogens with two attached hydrogens (primary N) is 1. The third-order valence-corrected chi connectivity index (χ3v) is 5.54. The largest absolute Gasteiger partial charge is 0.416 e. The summed E-state index contributed by atoms with van der Waals surface area (Å²) in [5, 5.41) is 0.723. The molecule has 0 unspecified atom stereocenters. The Morgan fingerprint density at radius 2 is 1.47 bits per heavy atom. The summed E-state index contributed by atoms with van der Waals surface area (Å²) in [6.07, 6.45) is -10.0. The van der Waals surface area contributed by atoms with Gasteiger partial charge in [-0.3, -0.25) is 9.69 Å². The number of carbonyl (C=O) groups is 1. The summed E-state index contributed by atoms with van der Waals surface area (Å²) in [5.74, 6) is -0.0782. The van der Waals surface area contributed by atoms with Crippen molar-refractivity contribution >= 4 is 22.6 Å². The minimum Gasteiger partial charge on any atom is -0.383 e. The minimum atomic E-state index is -5.02. The standard InChI is InChI=1S/C22H19F6N5O/c23-21(24,25)14-9-13(10-15(11-14)22(26,27)28)20(34)33-7-5-32(6-8-33)12-18-30-17-4-2-1-3-16(17)19(29)31-18/h1-4,9-11H,5-8,12H2,(H2,29,30,31). The molecule has 2 N–H and O–H groups in total. The van der Waals surface area contributed by atoms with E-state index in [0.29, 0.717) is 48.9 Å². The summed E-state index contributed by atoms with van der Waals surface area (Å²) >= 11 is 0. The topological polar surface area (TPSA) is 75.3 Å². The number of amides is 1. The van der Waals surface area contributed by atoms with E-state index in [-0.39, 0.29) is 19.2 Å². The number of anilines is 1. The number of halogens is 6.